The van der Waals surface area contributed by atoms with E-state index in [0.29, 0.717) is 12.1 Å². The van der Waals surface area contributed by atoms with Gasteiger partial charge < -0.3 is 5.11 Å². The van der Waals surface area contributed by atoms with Crippen LogP contribution in [0.15, 0.2) is 18.2 Å². The molecule has 110 valence electrons. The molecule has 20 heavy (non-hydrogen) atoms. The fourth-order valence-electron chi connectivity index (χ4n) is 2.89. The number of likely N-dealkylation sites (tertiary alicyclic amines) is 1. The Kier molecular flexibility index (Phi) is 4.70. The van der Waals surface area contributed by atoms with Crippen molar-refractivity contribution in [3.63, 3.8) is 0 Å². The molecule has 1 aromatic rings. The van der Waals surface area contributed by atoms with Gasteiger partial charge in [-0.05, 0) is 49.9 Å². The molecule has 0 aliphatic carbocycles. The van der Waals surface area contributed by atoms with E-state index >= 15 is 0 Å². The zero-order valence-electron chi connectivity index (χ0n) is 11.5. The molecule has 2 unspecified atom stereocenters. The molecule has 1 fully saturated rings. The molecule has 1 aliphatic heterocycles. The first kappa shape index (κ1) is 14.9. The predicted molar refractivity (Wildman–Crippen MR) is 71.3 cm³/mol. The second-order valence-electron chi connectivity index (χ2n) is 5.48. The number of piperidine rings is 1. The first-order valence-corrected chi connectivity index (χ1v) is 6.87. The average Bonchev–Trinajstić information content (AvgIpc) is 2.36. The number of carboxylic acid groups (broad SMARTS) is 1. The van der Waals surface area contributed by atoms with Crippen LogP contribution in [0.25, 0.3) is 0 Å². The highest BCUT2D eigenvalue weighted by atomic mass is 19.1. The fraction of sp³-hybridized carbons (Fsp3) is 0.533. The van der Waals surface area contributed by atoms with E-state index in [4.69, 9.17) is 5.11 Å². The summed E-state index contributed by atoms with van der Waals surface area (Å²) in [6.45, 7) is 3.39. The molecule has 1 N–H and O–H groups in total. The summed E-state index contributed by atoms with van der Waals surface area (Å²) in [7, 11) is 0. The van der Waals surface area contributed by atoms with Crippen LogP contribution in [-0.4, -0.2) is 29.1 Å². The summed E-state index contributed by atoms with van der Waals surface area (Å²) in [6, 6.07) is 3.43. The number of carboxylic acids is 1. The number of hydrogen-bond donors (Lipinski definition) is 1. The van der Waals surface area contributed by atoms with Crippen molar-refractivity contribution in [2.45, 2.75) is 32.2 Å². The molecular weight excluding hydrogens is 264 g/mol. The van der Waals surface area contributed by atoms with E-state index in [1.807, 2.05) is 6.92 Å². The van der Waals surface area contributed by atoms with Gasteiger partial charge in [0.1, 0.15) is 11.6 Å². The molecule has 1 aliphatic rings. The zero-order chi connectivity index (χ0) is 14.7. The average molecular weight is 283 g/mol. The molecule has 0 saturated carbocycles. The zero-order valence-corrected chi connectivity index (χ0v) is 11.5. The maximum absolute atomic E-state index is 13.3. The van der Waals surface area contributed by atoms with Crippen molar-refractivity contribution in [1.29, 1.82) is 0 Å². The first-order valence-electron chi connectivity index (χ1n) is 6.87. The number of halogens is 2. The SMILES string of the molecule is CC(c1cc(F)cc(F)c1)N1CCCC(CC(=O)O)C1. The first-order chi connectivity index (χ1) is 9.45. The van der Waals surface area contributed by atoms with Gasteiger partial charge >= 0.3 is 5.97 Å². The third-order valence-electron chi connectivity index (χ3n) is 3.93. The van der Waals surface area contributed by atoms with Crippen LogP contribution in [0.1, 0.15) is 37.8 Å². The van der Waals surface area contributed by atoms with Gasteiger partial charge in [-0.1, -0.05) is 0 Å². The van der Waals surface area contributed by atoms with Crippen LogP contribution in [0.2, 0.25) is 0 Å². The van der Waals surface area contributed by atoms with Gasteiger partial charge in [-0.3, -0.25) is 9.69 Å². The Hall–Kier alpha value is -1.49. The van der Waals surface area contributed by atoms with Crippen molar-refractivity contribution in [3.05, 3.63) is 35.4 Å². The molecule has 5 heteroatoms. The quantitative estimate of drug-likeness (QED) is 0.922. The Morgan fingerprint density at radius 3 is 2.65 bits per heavy atom. The van der Waals surface area contributed by atoms with Crippen LogP contribution in [-0.2, 0) is 4.79 Å². The highest BCUT2D eigenvalue weighted by molar-refractivity contribution is 5.67. The van der Waals surface area contributed by atoms with Crippen molar-refractivity contribution in [2.24, 2.45) is 5.92 Å². The van der Waals surface area contributed by atoms with Crippen molar-refractivity contribution >= 4 is 5.97 Å². The van der Waals surface area contributed by atoms with Gasteiger partial charge in [-0.15, -0.1) is 0 Å². The standard InChI is InChI=1S/C15H19F2NO2/c1-10(12-6-13(16)8-14(17)7-12)18-4-2-3-11(9-18)5-15(19)20/h6-8,10-11H,2-5,9H2,1H3,(H,19,20). The number of nitrogens with zero attached hydrogens (tertiary/aromatic N) is 1. The molecule has 3 nitrogen and oxygen atoms in total. The van der Waals surface area contributed by atoms with Crippen LogP contribution in [0.3, 0.4) is 0 Å². The van der Waals surface area contributed by atoms with E-state index in [1.54, 1.807) is 0 Å². The molecule has 0 amide bonds. The van der Waals surface area contributed by atoms with E-state index in [2.05, 4.69) is 4.90 Å². The summed E-state index contributed by atoms with van der Waals surface area (Å²) in [5.74, 6) is -1.83. The molecular formula is C15H19F2NO2. The van der Waals surface area contributed by atoms with Gasteiger partial charge in [0.2, 0.25) is 0 Å². The van der Waals surface area contributed by atoms with Crippen LogP contribution in [0.4, 0.5) is 8.78 Å². The van der Waals surface area contributed by atoms with Gasteiger partial charge in [0, 0.05) is 25.1 Å². The summed E-state index contributed by atoms with van der Waals surface area (Å²) >= 11 is 0. The smallest absolute Gasteiger partial charge is 0.303 e. The molecule has 0 spiro atoms. The molecule has 2 rings (SSSR count). The molecule has 1 aromatic carbocycles. The summed E-state index contributed by atoms with van der Waals surface area (Å²) in [5.41, 5.74) is 0.596. The van der Waals surface area contributed by atoms with Crippen LogP contribution in [0, 0.1) is 17.6 Å². The van der Waals surface area contributed by atoms with Gasteiger partial charge in [0.15, 0.2) is 0 Å². The third-order valence-corrected chi connectivity index (χ3v) is 3.93. The van der Waals surface area contributed by atoms with Gasteiger partial charge in [-0.25, -0.2) is 8.78 Å². The highest BCUT2D eigenvalue weighted by Gasteiger charge is 2.26. The molecule has 0 bridgehead atoms. The summed E-state index contributed by atoms with van der Waals surface area (Å²) in [4.78, 5) is 12.9. The summed E-state index contributed by atoms with van der Waals surface area (Å²) in [6.07, 6.45) is 1.97. The Morgan fingerprint density at radius 1 is 1.40 bits per heavy atom. The maximum Gasteiger partial charge on any atom is 0.303 e. The minimum Gasteiger partial charge on any atom is -0.481 e. The van der Waals surface area contributed by atoms with Crippen LogP contribution >= 0.6 is 0 Å². The van der Waals surface area contributed by atoms with Crippen molar-refractivity contribution in [2.75, 3.05) is 13.1 Å². The molecule has 0 radical (unpaired) electrons. The lowest BCUT2D eigenvalue weighted by Gasteiger charge is -2.36. The monoisotopic (exact) mass is 283 g/mol. The number of aliphatic carboxylic acids is 1. The maximum atomic E-state index is 13.3. The Balaban J connectivity index is 2.07. The minimum absolute atomic E-state index is 0.113. The lowest BCUT2D eigenvalue weighted by molar-refractivity contribution is -0.138. The molecule has 1 heterocycles. The number of rotatable bonds is 4. The van der Waals surface area contributed by atoms with Crippen molar-refractivity contribution in [1.82, 2.24) is 4.90 Å². The predicted octanol–water partition coefficient (Wildman–Crippen LogP) is 3.21. The molecule has 1 saturated heterocycles. The Bertz CT molecular complexity index is 473. The van der Waals surface area contributed by atoms with E-state index in [1.165, 1.54) is 12.1 Å². The van der Waals surface area contributed by atoms with Crippen LogP contribution < -0.4 is 0 Å². The topological polar surface area (TPSA) is 40.5 Å². The van der Waals surface area contributed by atoms with E-state index in [0.717, 1.165) is 25.5 Å². The minimum atomic E-state index is -0.790. The van der Waals surface area contributed by atoms with Crippen molar-refractivity contribution in [3.8, 4) is 0 Å². The lowest BCUT2D eigenvalue weighted by Crippen LogP contribution is -2.38. The fourth-order valence-corrected chi connectivity index (χ4v) is 2.89. The van der Waals surface area contributed by atoms with Gasteiger partial charge in [0.25, 0.3) is 0 Å². The summed E-state index contributed by atoms with van der Waals surface area (Å²) in [5, 5.41) is 8.86. The lowest BCUT2D eigenvalue weighted by atomic mass is 9.93. The van der Waals surface area contributed by atoms with Gasteiger partial charge in [0.05, 0.1) is 0 Å². The largest absolute Gasteiger partial charge is 0.481 e. The highest BCUT2D eigenvalue weighted by Crippen LogP contribution is 2.28. The van der Waals surface area contributed by atoms with E-state index in [-0.39, 0.29) is 18.4 Å². The van der Waals surface area contributed by atoms with Crippen LogP contribution in [0.5, 0.6) is 0 Å². The van der Waals surface area contributed by atoms with E-state index < -0.39 is 17.6 Å². The molecule has 2 atom stereocenters. The number of hydrogen-bond acceptors (Lipinski definition) is 2. The third kappa shape index (κ3) is 3.76. The second-order valence-corrected chi connectivity index (χ2v) is 5.48. The van der Waals surface area contributed by atoms with Gasteiger partial charge in [-0.2, -0.15) is 0 Å². The number of carbonyl (C=O) groups is 1. The summed E-state index contributed by atoms with van der Waals surface area (Å²) < 4.78 is 26.5. The second kappa shape index (κ2) is 6.31. The molecule has 0 aromatic heterocycles. The van der Waals surface area contributed by atoms with E-state index in [9.17, 15) is 13.6 Å². The number of benzene rings is 1. The normalized spacial score (nSPS) is 21.6. The Morgan fingerprint density at radius 2 is 2.05 bits per heavy atom. The Labute approximate surface area is 117 Å². The van der Waals surface area contributed by atoms with Crippen molar-refractivity contribution < 1.29 is 18.7 Å².